The summed E-state index contributed by atoms with van der Waals surface area (Å²) in [5, 5.41) is 6.00. The highest BCUT2D eigenvalue weighted by atomic mass is 79.9. The number of anilines is 1. The molecule has 114 valence electrons. The minimum Gasteiger partial charge on any atom is -0.366 e. The molecule has 1 atom stereocenters. The summed E-state index contributed by atoms with van der Waals surface area (Å²) < 4.78 is 1.11. The van der Waals surface area contributed by atoms with Crippen molar-refractivity contribution in [3.8, 4) is 0 Å². The zero-order valence-electron chi connectivity index (χ0n) is 13.2. The van der Waals surface area contributed by atoms with E-state index < -0.39 is 0 Å². The summed E-state index contributed by atoms with van der Waals surface area (Å²) in [5.74, 6) is 1.63. The topological polar surface area (TPSA) is 28.2 Å². The van der Waals surface area contributed by atoms with Gasteiger partial charge in [-0.2, -0.15) is 0 Å². The molecule has 0 aliphatic heterocycles. The van der Waals surface area contributed by atoms with Crippen molar-refractivity contribution in [1.29, 1.82) is 0 Å². The number of hydrogen-bond donors (Lipinski definition) is 1. The first-order valence-corrected chi connectivity index (χ1v) is 8.21. The van der Waals surface area contributed by atoms with Crippen LogP contribution in [0.5, 0.6) is 0 Å². The summed E-state index contributed by atoms with van der Waals surface area (Å²) in [6, 6.07) is 8.70. The van der Waals surface area contributed by atoms with Crippen LogP contribution in [0.3, 0.4) is 0 Å². The van der Waals surface area contributed by atoms with Crippen molar-refractivity contribution in [2.75, 3.05) is 26.0 Å². The van der Waals surface area contributed by atoms with Crippen LogP contribution in [0.1, 0.15) is 20.3 Å². The van der Waals surface area contributed by atoms with Crippen LogP contribution in [0, 0.1) is 5.92 Å². The number of likely N-dealkylation sites (N-methyl/N-ethyl adjacent to an activating group) is 1. The van der Waals surface area contributed by atoms with E-state index in [4.69, 9.17) is 0 Å². The molecule has 0 bridgehead atoms. The molecular weight excluding hydrogens is 326 g/mol. The van der Waals surface area contributed by atoms with Crippen LogP contribution in [0.2, 0.25) is 0 Å². The number of nitrogens with one attached hydrogen (secondary N) is 1. The maximum absolute atomic E-state index is 4.55. The lowest BCUT2D eigenvalue weighted by molar-refractivity contribution is 0.356. The van der Waals surface area contributed by atoms with Gasteiger partial charge >= 0.3 is 0 Å². The molecule has 3 nitrogen and oxygen atoms in total. The fourth-order valence-corrected chi connectivity index (χ4v) is 3.16. The van der Waals surface area contributed by atoms with Crippen molar-refractivity contribution in [3.05, 3.63) is 34.9 Å². The van der Waals surface area contributed by atoms with Crippen molar-refractivity contribution in [2.24, 2.45) is 5.92 Å². The molecule has 1 heterocycles. The van der Waals surface area contributed by atoms with Gasteiger partial charge in [-0.25, -0.2) is 4.98 Å². The highest BCUT2D eigenvalue weighted by Crippen LogP contribution is 2.28. The standard InChI is InChI=1S/C17H24BrN3/c1-12(2)10-13(11-21(3)4)20-17-15-6-5-7-16(18)14(15)8-9-19-17/h5-9,12-13H,10-11H2,1-4H3,(H,19,20). The van der Waals surface area contributed by atoms with E-state index in [0.717, 1.165) is 23.3 Å². The molecule has 0 fully saturated rings. The van der Waals surface area contributed by atoms with Crippen molar-refractivity contribution >= 4 is 32.5 Å². The molecule has 1 aromatic heterocycles. The highest BCUT2D eigenvalue weighted by molar-refractivity contribution is 9.10. The Bertz CT molecular complexity index is 586. The average Bonchev–Trinajstić information content (AvgIpc) is 2.38. The Morgan fingerprint density at radius 3 is 2.62 bits per heavy atom. The summed E-state index contributed by atoms with van der Waals surface area (Å²) in [6.07, 6.45) is 3.00. The fraction of sp³-hybridized carbons (Fsp3) is 0.471. The van der Waals surface area contributed by atoms with Crippen LogP contribution < -0.4 is 5.32 Å². The molecule has 0 radical (unpaired) electrons. The van der Waals surface area contributed by atoms with Gasteiger partial charge in [-0.05, 0) is 38.6 Å². The second kappa shape index (κ2) is 7.23. The zero-order valence-corrected chi connectivity index (χ0v) is 14.8. The molecule has 2 aromatic rings. The zero-order chi connectivity index (χ0) is 15.4. The van der Waals surface area contributed by atoms with Crippen molar-refractivity contribution in [1.82, 2.24) is 9.88 Å². The SMILES string of the molecule is CC(C)CC(CN(C)C)Nc1nccc2c(Br)cccc12. The lowest BCUT2D eigenvalue weighted by Gasteiger charge is -2.25. The maximum atomic E-state index is 4.55. The number of benzene rings is 1. The summed E-state index contributed by atoms with van der Waals surface area (Å²) in [4.78, 5) is 6.78. The molecule has 0 saturated heterocycles. The monoisotopic (exact) mass is 349 g/mol. The van der Waals surface area contributed by atoms with Crippen molar-refractivity contribution < 1.29 is 0 Å². The second-order valence-electron chi connectivity index (χ2n) is 6.23. The number of aromatic nitrogens is 1. The number of hydrogen-bond acceptors (Lipinski definition) is 3. The van der Waals surface area contributed by atoms with E-state index in [1.165, 1.54) is 10.8 Å². The summed E-state index contributed by atoms with van der Waals surface area (Å²) in [5.41, 5.74) is 0. The Balaban J connectivity index is 2.30. The van der Waals surface area contributed by atoms with Crippen molar-refractivity contribution in [3.63, 3.8) is 0 Å². The lowest BCUT2D eigenvalue weighted by Crippen LogP contribution is -2.33. The predicted octanol–water partition coefficient (Wildman–Crippen LogP) is 4.39. The van der Waals surface area contributed by atoms with E-state index in [-0.39, 0.29) is 0 Å². The van der Waals surface area contributed by atoms with Gasteiger partial charge in [-0.1, -0.05) is 41.9 Å². The van der Waals surface area contributed by atoms with Gasteiger partial charge in [0.15, 0.2) is 0 Å². The Kier molecular flexibility index (Phi) is 5.59. The van der Waals surface area contributed by atoms with E-state index >= 15 is 0 Å². The van der Waals surface area contributed by atoms with Gasteiger partial charge in [-0.3, -0.25) is 0 Å². The quantitative estimate of drug-likeness (QED) is 0.838. The largest absolute Gasteiger partial charge is 0.366 e. The third kappa shape index (κ3) is 4.42. The van der Waals surface area contributed by atoms with Gasteiger partial charge in [0.1, 0.15) is 5.82 Å². The third-order valence-corrected chi connectivity index (χ3v) is 4.13. The number of halogens is 1. The molecular formula is C17H24BrN3. The van der Waals surface area contributed by atoms with E-state index in [1.54, 1.807) is 0 Å². The first-order valence-electron chi connectivity index (χ1n) is 7.42. The molecule has 0 saturated carbocycles. The van der Waals surface area contributed by atoms with Crippen molar-refractivity contribution in [2.45, 2.75) is 26.3 Å². The Labute approximate surface area is 135 Å². The summed E-state index contributed by atoms with van der Waals surface area (Å²) in [7, 11) is 4.23. The fourth-order valence-electron chi connectivity index (χ4n) is 2.67. The molecule has 1 aromatic carbocycles. The maximum Gasteiger partial charge on any atom is 0.134 e. The normalized spacial score (nSPS) is 13.1. The van der Waals surface area contributed by atoms with Gasteiger partial charge in [0.25, 0.3) is 0 Å². The molecule has 1 N–H and O–H groups in total. The van der Waals surface area contributed by atoms with E-state index in [9.17, 15) is 0 Å². The molecule has 0 aliphatic carbocycles. The van der Waals surface area contributed by atoms with Gasteiger partial charge < -0.3 is 10.2 Å². The number of nitrogens with zero attached hydrogens (tertiary/aromatic N) is 2. The van der Waals surface area contributed by atoms with Crippen LogP contribution in [0.4, 0.5) is 5.82 Å². The van der Waals surface area contributed by atoms with E-state index in [1.807, 2.05) is 12.3 Å². The Hall–Kier alpha value is -1.13. The summed E-state index contributed by atoms with van der Waals surface area (Å²) >= 11 is 3.61. The average molecular weight is 350 g/mol. The Morgan fingerprint density at radius 2 is 1.95 bits per heavy atom. The van der Waals surface area contributed by atoms with Gasteiger partial charge in [0.2, 0.25) is 0 Å². The summed E-state index contributed by atoms with van der Waals surface area (Å²) in [6.45, 7) is 5.53. The second-order valence-corrected chi connectivity index (χ2v) is 7.08. The van der Waals surface area contributed by atoms with E-state index in [0.29, 0.717) is 12.0 Å². The molecule has 4 heteroatoms. The van der Waals surface area contributed by atoms with Crippen LogP contribution in [0.15, 0.2) is 34.9 Å². The van der Waals surface area contributed by atoms with Gasteiger partial charge in [0.05, 0.1) is 0 Å². The minimum atomic E-state index is 0.400. The Morgan fingerprint density at radius 1 is 1.19 bits per heavy atom. The van der Waals surface area contributed by atoms with Gasteiger partial charge in [-0.15, -0.1) is 0 Å². The molecule has 0 spiro atoms. The lowest BCUT2D eigenvalue weighted by atomic mass is 10.0. The smallest absolute Gasteiger partial charge is 0.134 e. The van der Waals surface area contributed by atoms with Crippen LogP contribution in [0.25, 0.3) is 10.8 Å². The molecule has 21 heavy (non-hydrogen) atoms. The highest BCUT2D eigenvalue weighted by Gasteiger charge is 2.14. The minimum absolute atomic E-state index is 0.400. The molecule has 2 rings (SSSR count). The molecule has 0 aliphatic rings. The van der Waals surface area contributed by atoms with Crippen LogP contribution in [-0.4, -0.2) is 36.6 Å². The number of rotatable bonds is 6. The number of fused-ring (bicyclic) bond motifs is 1. The third-order valence-electron chi connectivity index (χ3n) is 3.44. The predicted molar refractivity (Wildman–Crippen MR) is 94.9 cm³/mol. The first kappa shape index (κ1) is 16.2. The van der Waals surface area contributed by atoms with E-state index in [2.05, 4.69) is 77.3 Å². The van der Waals surface area contributed by atoms with Crippen LogP contribution >= 0.6 is 15.9 Å². The van der Waals surface area contributed by atoms with Crippen LogP contribution in [-0.2, 0) is 0 Å². The molecule has 1 unspecified atom stereocenters. The molecule has 0 amide bonds. The number of pyridine rings is 1. The first-order chi connectivity index (χ1) is 9.97. The van der Waals surface area contributed by atoms with Gasteiger partial charge in [0, 0.05) is 34.0 Å².